The summed E-state index contributed by atoms with van der Waals surface area (Å²) < 4.78 is -0.0257. The maximum atomic E-state index is 11.0. The van der Waals surface area contributed by atoms with Crippen LogP contribution in [0.1, 0.15) is 64.7 Å². The maximum Gasteiger partial charge on any atom is 0.359 e. The molecule has 138 valence electrons. The molecule has 0 atom stereocenters. The summed E-state index contributed by atoms with van der Waals surface area (Å²) in [4.78, 5) is 24.1. The number of carbonyl (C=O) groups is 2. The Morgan fingerprint density at radius 3 is 1.92 bits per heavy atom. The van der Waals surface area contributed by atoms with Gasteiger partial charge in [0.2, 0.25) is 0 Å². The van der Waals surface area contributed by atoms with Crippen molar-refractivity contribution in [3.8, 4) is 0 Å². The molecule has 0 fully saturated rings. The number of quaternary nitrogens is 1. The highest BCUT2D eigenvalue weighted by Gasteiger charge is 2.36. The lowest BCUT2D eigenvalue weighted by Crippen LogP contribution is -2.51. The minimum absolute atomic E-state index is 0.0257. The van der Waals surface area contributed by atoms with Crippen molar-refractivity contribution in [3.63, 3.8) is 0 Å². The van der Waals surface area contributed by atoms with Gasteiger partial charge in [0.25, 0.3) is 0 Å². The molecule has 6 heteroatoms. The van der Waals surface area contributed by atoms with E-state index in [0.717, 1.165) is 13.0 Å². The molecule has 0 bridgehead atoms. The first-order valence-corrected chi connectivity index (χ1v) is 9.20. The van der Waals surface area contributed by atoms with Gasteiger partial charge in [0.15, 0.2) is 19.8 Å². The second-order valence-corrected chi connectivity index (χ2v) is 6.90. The average Bonchev–Trinajstić information content (AvgIpc) is 2.86. The standard InChI is InChI=1S/C18H32N2O4/c1-2-3-4-5-6-7-8-9-10-11-19-12-13-20(16-19,14-17(21)22)15-18(23)24/h12-13H,2-11,14-16H2,1H3,(H-,21,22,23,24)/p+1. The second-order valence-electron chi connectivity index (χ2n) is 6.90. The number of aliphatic carboxylic acids is 2. The van der Waals surface area contributed by atoms with Crippen LogP contribution in [0.25, 0.3) is 0 Å². The molecule has 0 radical (unpaired) electrons. The molecule has 0 unspecified atom stereocenters. The van der Waals surface area contributed by atoms with Crippen LogP contribution in [0.2, 0.25) is 0 Å². The van der Waals surface area contributed by atoms with Crippen LogP contribution in [-0.2, 0) is 9.59 Å². The molecule has 6 nitrogen and oxygen atoms in total. The Kier molecular flexibility index (Phi) is 9.45. The van der Waals surface area contributed by atoms with Gasteiger partial charge in [-0.15, -0.1) is 0 Å². The van der Waals surface area contributed by atoms with Gasteiger partial charge in [0, 0.05) is 6.54 Å². The van der Waals surface area contributed by atoms with Crippen molar-refractivity contribution in [2.75, 3.05) is 26.3 Å². The molecular weight excluding hydrogens is 308 g/mol. The molecule has 1 aliphatic heterocycles. The summed E-state index contributed by atoms with van der Waals surface area (Å²) in [7, 11) is 0. The van der Waals surface area contributed by atoms with Gasteiger partial charge in [-0.05, 0) is 6.42 Å². The third-order valence-corrected chi connectivity index (χ3v) is 4.51. The minimum Gasteiger partial charge on any atom is -0.477 e. The van der Waals surface area contributed by atoms with Crippen molar-refractivity contribution < 1.29 is 24.3 Å². The van der Waals surface area contributed by atoms with Crippen molar-refractivity contribution in [3.05, 3.63) is 12.4 Å². The van der Waals surface area contributed by atoms with Gasteiger partial charge in [-0.3, -0.25) is 4.48 Å². The molecule has 0 saturated carbocycles. The molecule has 1 heterocycles. The van der Waals surface area contributed by atoms with Crippen molar-refractivity contribution in [2.45, 2.75) is 64.7 Å². The Balaban J connectivity index is 2.18. The van der Waals surface area contributed by atoms with E-state index in [4.69, 9.17) is 10.2 Å². The molecule has 0 saturated heterocycles. The van der Waals surface area contributed by atoms with Crippen LogP contribution in [0, 0.1) is 0 Å². The zero-order valence-electron chi connectivity index (χ0n) is 15.0. The molecule has 2 N–H and O–H groups in total. The van der Waals surface area contributed by atoms with Crippen LogP contribution in [0.3, 0.4) is 0 Å². The summed E-state index contributed by atoms with van der Waals surface area (Å²) in [6.45, 7) is 3.17. The van der Waals surface area contributed by atoms with E-state index < -0.39 is 11.9 Å². The van der Waals surface area contributed by atoms with E-state index in [1.807, 2.05) is 11.1 Å². The van der Waals surface area contributed by atoms with E-state index >= 15 is 0 Å². The van der Waals surface area contributed by atoms with Crippen molar-refractivity contribution in [2.24, 2.45) is 0 Å². The number of nitrogens with zero attached hydrogens (tertiary/aromatic N) is 2. The van der Waals surface area contributed by atoms with Gasteiger partial charge in [0.05, 0.1) is 6.20 Å². The fourth-order valence-corrected chi connectivity index (χ4v) is 3.26. The Morgan fingerprint density at radius 2 is 1.42 bits per heavy atom. The van der Waals surface area contributed by atoms with E-state index in [-0.39, 0.29) is 17.6 Å². The fraction of sp³-hybridized carbons (Fsp3) is 0.778. The zero-order chi connectivity index (χ0) is 17.8. The SMILES string of the molecule is CCCCCCCCCCCN1C=C[N+](CC(=O)O)(CC(=O)O)C1. The monoisotopic (exact) mass is 341 g/mol. The molecule has 1 aliphatic rings. The van der Waals surface area contributed by atoms with E-state index in [2.05, 4.69) is 6.92 Å². The Morgan fingerprint density at radius 1 is 0.917 bits per heavy atom. The number of rotatable bonds is 14. The summed E-state index contributed by atoms with van der Waals surface area (Å²) in [5.74, 6) is -1.93. The van der Waals surface area contributed by atoms with Gasteiger partial charge < -0.3 is 15.1 Å². The van der Waals surface area contributed by atoms with Gasteiger partial charge in [0.1, 0.15) is 6.20 Å². The summed E-state index contributed by atoms with van der Waals surface area (Å²) in [6.07, 6.45) is 15.0. The predicted molar refractivity (Wildman–Crippen MR) is 93.2 cm³/mol. The van der Waals surface area contributed by atoms with Crippen LogP contribution in [0.4, 0.5) is 0 Å². The Hall–Kier alpha value is -1.56. The lowest BCUT2D eigenvalue weighted by Gasteiger charge is -2.29. The molecule has 0 spiro atoms. The van der Waals surface area contributed by atoms with E-state index in [1.54, 1.807) is 6.20 Å². The van der Waals surface area contributed by atoms with Crippen LogP contribution in [0.5, 0.6) is 0 Å². The highest BCUT2D eigenvalue weighted by Crippen LogP contribution is 2.19. The zero-order valence-corrected chi connectivity index (χ0v) is 15.0. The Labute approximate surface area is 145 Å². The molecule has 0 aromatic rings. The molecular formula is C18H33N2O4+. The highest BCUT2D eigenvalue weighted by atomic mass is 16.4. The first-order chi connectivity index (χ1) is 11.5. The number of carboxylic acid groups (broad SMARTS) is 2. The average molecular weight is 341 g/mol. The topological polar surface area (TPSA) is 77.8 Å². The van der Waals surface area contributed by atoms with Crippen LogP contribution < -0.4 is 0 Å². The Bertz CT molecular complexity index is 407. The number of unbranched alkanes of at least 4 members (excludes halogenated alkanes) is 8. The second kappa shape index (κ2) is 11.1. The fourth-order valence-electron chi connectivity index (χ4n) is 3.26. The largest absolute Gasteiger partial charge is 0.477 e. The smallest absolute Gasteiger partial charge is 0.359 e. The van der Waals surface area contributed by atoms with E-state index in [1.165, 1.54) is 51.4 Å². The lowest BCUT2D eigenvalue weighted by atomic mass is 10.1. The minimum atomic E-state index is -0.967. The van der Waals surface area contributed by atoms with Gasteiger partial charge >= 0.3 is 11.9 Å². The number of hydrogen-bond donors (Lipinski definition) is 2. The summed E-state index contributed by atoms with van der Waals surface area (Å²) in [6, 6.07) is 0. The van der Waals surface area contributed by atoms with Crippen molar-refractivity contribution >= 4 is 11.9 Å². The third-order valence-electron chi connectivity index (χ3n) is 4.51. The molecule has 0 amide bonds. The molecule has 0 aliphatic carbocycles. The normalized spacial score (nSPS) is 15.8. The summed E-state index contributed by atoms with van der Waals surface area (Å²) >= 11 is 0. The quantitative estimate of drug-likeness (QED) is 0.375. The predicted octanol–water partition coefficient (Wildman–Crippen LogP) is 3.25. The van der Waals surface area contributed by atoms with Crippen molar-refractivity contribution in [1.29, 1.82) is 0 Å². The number of carboxylic acids is 2. The van der Waals surface area contributed by atoms with Gasteiger partial charge in [-0.2, -0.15) is 0 Å². The van der Waals surface area contributed by atoms with Crippen molar-refractivity contribution in [1.82, 2.24) is 4.90 Å². The van der Waals surface area contributed by atoms with Gasteiger partial charge in [-0.1, -0.05) is 58.3 Å². The van der Waals surface area contributed by atoms with Crippen LogP contribution in [0.15, 0.2) is 12.4 Å². The molecule has 1 rings (SSSR count). The van der Waals surface area contributed by atoms with E-state index in [0.29, 0.717) is 6.67 Å². The van der Waals surface area contributed by atoms with Gasteiger partial charge in [-0.25, -0.2) is 9.59 Å². The molecule has 24 heavy (non-hydrogen) atoms. The lowest BCUT2D eigenvalue weighted by molar-refractivity contribution is -0.866. The van der Waals surface area contributed by atoms with Crippen LogP contribution in [-0.4, -0.2) is 57.8 Å². The highest BCUT2D eigenvalue weighted by molar-refractivity contribution is 5.70. The molecule has 0 aromatic carbocycles. The third kappa shape index (κ3) is 8.34. The van der Waals surface area contributed by atoms with E-state index in [9.17, 15) is 9.59 Å². The first-order valence-electron chi connectivity index (χ1n) is 9.20. The maximum absolute atomic E-state index is 11.0. The molecule has 0 aromatic heterocycles. The van der Waals surface area contributed by atoms with Crippen LogP contribution >= 0.6 is 0 Å². The summed E-state index contributed by atoms with van der Waals surface area (Å²) in [5, 5.41) is 18.1. The number of hydrogen-bond acceptors (Lipinski definition) is 3. The first kappa shape index (κ1) is 20.5. The summed E-state index contributed by atoms with van der Waals surface area (Å²) in [5.41, 5.74) is 0.